The standard InChI is InChI=1S/C15H24N2O2/c1-2-9-16-10-13-5-6-14(11-17-13)19-12-15(18)7-3-4-8-15/h5-6,11,16,18H,2-4,7-10,12H2,1H3. The van der Waals surface area contributed by atoms with Gasteiger partial charge in [-0.05, 0) is 37.9 Å². The van der Waals surface area contributed by atoms with Gasteiger partial charge in [-0.25, -0.2) is 0 Å². The van der Waals surface area contributed by atoms with Gasteiger partial charge in [0.15, 0.2) is 0 Å². The maximum atomic E-state index is 10.2. The minimum Gasteiger partial charge on any atom is -0.489 e. The number of rotatable bonds is 7. The zero-order chi connectivity index (χ0) is 13.6. The van der Waals surface area contributed by atoms with Crippen molar-refractivity contribution < 1.29 is 9.84 Å². The van der Waals surface area contributed by atoms with Gasteiger partial charge >= 0.3 is 0 Å². The van der Waals surface area contributed by atoms with E-state index in [0.29, 0.717) is 6.61 Å². The molecule has 0 aliphatic heterocycles. The maximum Gasteiger partial charge on any atom is 0.137 e. The molecule has 0 saturated heterocycles. The number of pyridine rings is 1. The Morgan fingerprint density at radius 3 is 2.79 bits per heavy atom. The van der Waals surface area contributed by atoms with Crippen molar-refractivity contribution in [2.75, 3.05) is 13.2 Å². The van der Waals surface area contributed by atoms with Crippen molar-refractivity contribution in [3.05, 3.63) is 24.0 Å². The number of nitrogens with zero attached hydrogens (tertiary/aromatic N) is 1. The molecule has 1 aliphatic carbocycles. The number of nitrogens with one attached hydrogen (secondary N) is 1. The molecule has 1 heterocycles. The van der Waals surface area contributed by atoms with Gasteiger partial charge in [0.25, 0.3) is 0 Å². The van der Waals surface area contributed by atoms with Crippen molar-refractivity contribution in [2.45, 2.75) is 51.2 Å². The van der Waals surface area contributed by atoms with Crippen LogP contribution in [0.5, 0.6) is 5.75 Å². The molecular weight excluding hydrogens is 240 g/mol. The second kappa shape index (κ2) is 6.87. The Labute approximate surface area is 115 Å². The normalized spacial score (nSPS) is 17.6. The molecular formula is C15H24N2O2. The summed E-state index contributed by atoms with van der Waals surface area (Å²) >= 11 is 0. The first-order valence-corrected chi connectivity index (χ1v) is 7.23. The Morgan fingerprint density at radius 1 is 1.37 bits per heavy atom. The lowest BCUT2D eigenvalue weighted by atomic mass is 10.0. The molecule has 1 aromatic rings. The van der Waals surface area contributed by atoms with Crippen LogP contribution in [-0.2, 0) is 6.54 Å². The molecule has 106 valence electrons. The van der Waals surface area contributed by atoms with E-state index in [1.165, 1.54) is 0 Å². The second-order valence-electron chi connectivity index (χ2n) is 5.38. The van der Waals surface area contributed by atoms with E-state index in [0.717, 1.165) is 56.6 Å². The fourth-order valence-electron chi connectivity index (χ4n) is 2.39. The van der Waals surface area contributed by atoms with Gasteiger partial charge in [-0.2, -0.15) is 0 Å². The number of aliphatic hydroxyl groups is 1. The monoisotopic (exact) mass is 264 g/mol. The van der Waals surface area contributed by atoms with Crippen LogP contribution in [0.15, 0.2) is 18.3 Å². The smallest absolute Gasteiger partial charge is 0.137 e. The highest BCUT2D eigenvalue weighted by atomic mass is 16.5. The van der Waals surface area contributed by atoms with Crippen LogP contribution in [0.1, 0.15) is 44.7 Å². The van der Waals surface area contributed by atoms with Crippen molar-refractivity contribution in [3.8, 4) is 5.75 Å². The average Bonchev–Trinajstić information content (AvgIpc) is 2.86. The molecule has 0 radical (unpaired) electrons. The van der Waals surface area contributed by atoms with Crippen molar-refractivity contribution in [1.29, 1.82) is 0 Å². The lowest BCUT2D eigenvalue weighted by Gasteiger charge is -2.22. The number of ether oxygens (including phenoxy) is 1. The Balaban J connectivity index is 1.78. The predicted molar refractivity (Wildman–Crippen MR) is 75.1 cm³/mol. The van der Waals surface area contributed by atoms with Gasteiger partial charge in [0.1, 0.15) is 12.4 Å². The van der Waals surface area contributed by atoms with Crippen LogP contribution >= 0.6 is 0 Å². The van der Waals surface area contributed by atoms with Crippen molar-refractivity contribution in [3.63, 3.8) is 0 Å². The molecule has 2 rings (SSSR count). The highest BCUT2D eigenvalue weighted by Gasteiger charge is 2.31. The summed E-state index contributed by atoms with van der Waals surface area (Å²) in [5.41, 5.74) is 0.391. The molecule has 1 aromatic heterocycles. The molecule has 4 heteroatoms. The number of aromatic nitrogens is 1. The van der Waals surface area contributed by atoms with E-state index >= 15 is 0 Å². The minimum absolute atomic E-state index is 0.377. The molecule has 1 aliphatic rings. The summed E-state index contributed by atoms with van der Waals surface area (Å²) in [6.07, 6.45) is 6.75. The highest BCUT2D eigenvalue weighted by molar-refractivity contribution is 5.20. The van der Waals surface area contributed by atoms with E-state index in [4.69, 9.17) is 4.74 Å². The first-order chi connectivity index (χ1) is 9.22. The molecule has 0 spiro atoms. The van der Waals surface area contributed by atoms with Gasteiger partial charge in [-0.15, -0.1) is 0 Å². The van der Waals surface area contributed by atoms with Crippen LogP contribution in [0, 0.1) is 0 Å². The first kappa shape index (κ1) is 14.3. The molecule has 0 aromatic carbocycles. The van der Waals surface area contributed by atoms with E-state index < -0.39 is 5.60 Å². The Bertz CT molecular complexity index is 372. The molecule has 19 heavy (non-hydrogen) atoms. The molecule has 0 amide bonds. The minimum atomic E-state index is -0.624. The van der Waals surface area contributed by atoms with Crippen LogP contribution in [0.3, 0.4) is 0 Å². The third kappa shape index (κ3) is 4.48. The van der Waals surface area contributed by atoms with Crippen molar-refractivity contribution >= 4 is 0 Å². The summed E-state index contributed by atoms with van der Waals surface area (Å²) in [7, 11) is 0. The zero-order valence-electron chi connectivity index (χ0n) is 11.7. The van der Waals surface area contributed by atoms with Crippen LogP contribution < -0.4 is 10.1 Å². The SMILES string of the molecule is CCCNCc1ccc(OCC2(O)CCCC2)cn1. The van der Waals surface area contributed by atoms with Crippen LogP contribution in [0.25, 0.3) is 0 Å². The Morgan fingerprint density at radius 2 is 2.16 bits per heavy atom. The lowest BCUT2D eigenvalue weighted by Crippen LogP contribution is -2.32. The van der Waals surface area contributed by atoms with Crippen LogP contribution in [-0.4, -0.2) is 28.8 Å². The molecule has 0 atom stereocenters. The lowest BCUT2D eigenvalue weighted by molar-refractivity contribution is 0.00130. The van der Waals surface area contributed by atoms with E-state index in [-0.39, 0.29) is 0 Å². The van der Waals surface area contributed by atoms with E-state index in [9.17, 15) is 5.11 Å². The molecule has 4 nitrogen and oxygen atoms in total. The predicted octanol–water partition coefficient (Wildman–Crippen LogP) is 2.27. The quantitative estimate of drug-likeness (QED) is 0.742. The van der Waals surface area contributed by atoms with Crippen LogP contribution in [0.2, 0.25) is 0 Å². The van der Waals surface area contributed by atoms with Crippen molar-refractivity contribution in [2.24, 2.45) is 0 Å². The zero-order valence-corrected chi connectivity index (χ0v) is 11.7. The molecule has 1 fully saturated rings. The van der Waals surface area contributed by atoms with E-state index in [1.807, 2.05) is 12.1 Å². The van der Waals surface area contributed by atoms with Gasteiger partial charge in [0, 0.05) is 6.54 Å². The number of hydrogen-bond donors (Lipinski definition) is 2. The first-order valence-electron chi connectivity index (χ1n) is 7.23. The second-order valence-corrected chi connectivity index (χ2v) is 5.38. The Hall–Kier alpha value is -1.13. The van der Waals surface area contributed by atoms with Crippen molar-refractivity contribution in [1.82, 2.24) is 10.3 Å². The number of hydrogen-bond acceptors (Lipinski definition) is 4. The highest BCUT2D eigenvalue weighted by Crippen LogP contribution is 2.29. The summed E-state index contributed by atoms with van der Waals surface area (Å²) in [6.45, 7) is 4.32. The average molecular weight is 264 g/mol. The van der Waals surface area contributed by atoms with Gasteiger partial charge in [-0.1, -0.05) is 19.8 Å². The summed E-state index contributed by atoms with van der Waals surface area (Å²) in [4.78, 5) is 4.35. The third-order valence-corrected chi connectivity index (χ3v) is 3.57. The summed E-state index contributed by atoms with van der Waals surface area (Å²) < 4.78 is 5.64. The topological polar surface area (TPSA) is 54.4 Å². The summed E-state index contributed by atoms with van der Waals surface area (Å²) in [5.74, 6) is 0.736. The molecule has 0 unspecified atom stereocenters. The van der Waals surface area contributed by atoms with E-state index in [1.54, 1.807) is 6.20 Å². The molecule has 2 N–H and O–H groups in total. The van der Waals surface area contributed by atoms with E-state index in [2.05, 4.69) is 17.2 Å². The maximum absolute atomic E-state index is 10.2. The fourth-order valence-corrected chi connectivity index (χ4v) is 2.39. The molecule has 0 bridgehead atoms. The summed E-state index contributed by atoms with van der Waals surface area (Å²) in [5, 5.41) is 13.5. The van der Waals surface area contributed by atoms with Gasteiger partial charge in [0.2, 0.25) is 0 Å². The van der Waals surface area contributed by atoms with Gasteiger partial charge in [-0.3, -0.25) is 4.98 Å². The largest absolute Gasteiger partial charge is 0.489 e. The third-order valence-electron chi connectivity index (χ3n) is 3.57. The van der Waals surface area contributed by atoms with Gasteiger partial charge in [0.05, 0.1) is 17.5 Å². The summed E-state index contributed by atoms with van der Waals surface area (Å²) in [6, 6.07) is 3.89. The molecule has 1 saturated carbocycles. The fraction of sp³-hybridized carbons (Fsp3) is 0.667. The van der Waals surface area contributed by atoms with Crippen LogP contribution in [0.4, 0.5) is 0 Å². The Kier molecular flexibility index (Phi) is 5.16. The van der Waals surface area contributed by atoms with Gasteiger partial charge < -0.3 is 15.2 Å².